The minimum absolute atomic E-state index is 0.0333. The monoisotopic (exact) mass is 194 g/mol. The van der Waals surface area contributed by atoms with E-state index in [4.69, 9.17) is 4.42 Å². The summed E-state index contributed by atoms with van der Waals surface area (Å²) in [4.78, 5) is 17.4. The van der Waals surface area contributed by atoms with Gasteiger partial charge in [-0.2, -0.15) is 0 Å². The van der Waals surface area contributed by atoms with Gasteiger partial charge in [-0.05, 0) is 18.8 Å². The zero-order valence-electron chi connectivity index (χ0n) is 8.27. The normalized spacial score (nSPS) is 22.4. The lowest BCUT2D eigenvalue weighted by atomic mass is 10.0. The number of rotatable bonds is 1. The highest BCUT2D eigenvalue weighted by atomic mass is 16.3. The Balaban J connectivity index is 2.04. The first-order chi connectivity index (χ1) is 6.77. The molecule has 1 aliphatic rings. The summed E-state index contributed by atoms with van der Waals surface area (Å²) >= 11 is 0. The lowest BCUT2D eigenvalue weighted by Crippen LogP contribution is -2.38. The number of likely N-dealkylation sites (tertiary alicyclic amines) is 1. The van der Waals surface area contributed by atoms with E-state index < -0.39 is 0 Å². The smallest absolute Gasteiger partial charge is 0.291 e. The van der Waals surface area contributed by atoms with Crippen LogP contribution in [0.15, 0.2) is 17.0 Å². The molecule has 0 aromatic carbocycles. The highest BCUT2D eigenvalue weighted by Gasteiger charge is 2.23. The second-order valence-corrected chi connectivity index (χ2v) is 3.86. The van der Waals surface area contributed by atoms with E-state index in [0.717, 1.165) is 19.5 Å². The van der Waals surface area contributed by atoms with E-state index >= 15 is 0 Å². The van der Waals surface area contributed by atoms with E-state index in [1.807, 2.05) is 4.90 Å². The van der Waals surface area contributed by atoms with Gasteiger partial charge in [0, 0.05) is 13.1 Å². The molecule has 1 amide bonds. The molecule has 1 unspecified atom stereocenters. The molecule has 0 spiro atoms. The van der Waals surface area contributed by atoms with E-state index in [1.54, 1.807) is 0 Å². The molecule has 0 bridgehead atoms. The van der Waals surface area contributed by atoms with Crippen molar-refractivity contribution in [1.82, 2.24) is 9.88 Å². The fourth-order valence-corrected chi connectivity index (χ4v) is 1.85. The predicted octanol–water partition coefficient (Wildman–Crippen LogP) is 1.55. The molecule has 0 N–H and O–H groups in total. The summed E-state index contributed by atoms with van der Waals surface area (Å²) in [5.74, 6) is 0.906. The lowest BCUT2D eigenvalue weighted by Gasteiger charge is -2.30. The maximum atomic E-state index is 11.8. The third-order valence-electron chi connectivity index (χ3n) is 2.59. The van der Waals surface area contributed by atoms with Crippen LogP contribution < -0.4 is 0 Å². The Hall–Kier alpha value is -1.32. The molecule has 1 aliphatic heterocycles. The second kappa shape index (κ2) is 3.82. The molecular formula is C10H14N2O2. The largest absolute Gasteiger partial charge is 0.438 e. The fraction of sp³-hybridized carbons (Fsp3) is 0.600. The fourth-order valence-electron chi connectivity index (χ4n) is 1.85. The summed E-state index contributed by atoms with van der Waals surface area (Å²) in [6.45, 7) is 3.84. The number of aromatic nitrogens is 1. The van der Waals surface area contributed by atoms with Crippen LogP contribution in [0, 0.1) is 5.92 Å². The van der Waals surface area contributed by atoms with Gasteiger partial charge in [-0.25, -0.2) is 4.98 Å². The minimum atomic E-state index is -0.0333. The number of oxazole rings is 1. The van der Waals surface area contributed by atoms with Gasteiger partial charge in [0.05, 0.1) is 6.20 Å². The number of hydrogen-bond donors (Lipinski definition) is 0. The van der Waals surface area contributed by atoms with Crippen LogP contribution >= 0.6 is 0 Å². The molecule has 1 atom stereocenters. The number of amides is 1. The molecule has 1 aromatic heterocycles. The Kier molecular flexibility index (Phi) is 2.52. The summed E-state index contributed by atoms with van der Waals surface area (Å²) in [7, 11) is 0. The number of piperidine rings is 1. The van der Waals surface area contributed by atoms with Gasteiger partial charge < -0.3 is 9.32 Å². The Bertz CT molecular complexity index is 308. The summed E-state index contributed by atoms with van der Waals surface area (Å²) in [5, 5.41) is 0. The van der Waals surface area contributed by atoms with Gasteiger partial charge in [0.2, 0.25) is 5.76 Å². The Morgan fingerprint density at radius 2 is 2.57 bits per heavy atom. The van der Waals surface area contributed by atoms with Crippen LogP contribution in [-0.2, 0) is 0 Å². The Morgan fingerprint density at radius 1 is 1.71 bits per heavy atom. The van der Waals surface area contributed by atoms with Crippen LogP contribution in [0.3, 0.4) is 0 Å². The van der Waals surface area contributed by atoms with Gasteiger partial charge in [0.25, 0.3) is 5.91 Å². The van der Waals surface area contributed by atoms with Crippen LogP contribution in [0.4, 0.5) is 0 Å². The van der Waals surface area contributed by atoms with E-state index in [0.29, 0.717) is 11.7 Å². The van der Waals surface area contributed by atoms with Crippen molar-refractivity contribution in [3.8, 4) is 0 Å². The number of carbonyl (C=O) groups is 1. The van der Waals surface area contributed by atoms with Gasteiger partial charge in [-0.15, -0.1) is 0 Å². The molecule has 2 rings (SSSR count). The zero-order chi connectivity index (χ0) is 9.97. The molecule has 14 heavy (non-hydrogen) atoms. The molecule has 0 saturated carbocycles. The molecule has 4 nitrogen and oxygen atoms in total. The van der Waals surface area contributed by atoms with Crippen molar-refractivity contribution in [2.24, 2.45) is 5.92 Å². The first-order valence-corrected chi connectivity index (χ1v) is 4.95. The van der Waals surface area contributed by atoms with Crippen LogP contribution in [-0.4, -0.2) is 28.9 Å². The van der Waals surface area contributed by atoms with Gasteiger partial charge in [0.1, 0.15) is 0 Å². The average molecular weight is 194 g/mol. The van der Waals surface area contributed by atoms with Crippen molar-refractivity contribution >= 4 is 5.91 Å². The molecule has 1 fully saturated rings. The average Bonchev–Trinajstić information content (AvgIpc) is 2.69. The molecule has 1 saturated heterocycles. The molecule has 1 aromatic rings. The van der Waals surface area contributed by atoms with E-state index in [-0.39, 0.29) is 5.91 Å². The van der Waals surface area contributed by atoms with Gasteiger partial charge in [-0.3, -0.25) is 4.79 Å². The first-order valence-electron chi connectivity index (χ1n) is 4.95. The highest BCUT2D eigenvalue weighted by Crippen LogP contribution is 2.17. The lowest BCUT2D eigenvalue weighted by molar-refractivity contribution is 0.0651. The number of carbonyl (C=O) groups excluding carboxylic acids is 1. The van der Waals surface area contributed by atoms with E-state index in [9.17, 15) is 4.79 Å². The second-order valence-electron chi connectivity index (χ2n) is 3.86. The van der Waals surface area contributed by atoms with Gasteiger partial charge in [0.15, 0.2) is 6.39 Å². The van der Waals surface area contributed by atoms with Gasteiger partial charge in [-0.1, -0.05) is 6.92 Å². The summed E-state index contributed by atoms with van der Waals surface area (Å²) in [6, 6.07) is 0. The number of hydrogen-bond acceptors (Lipinski definition) is 3. The summed E-state index contributed by atoms with van der Waals surface area (Å²) in [5.41, 5.74) is 0. The van der Waals surface area contributed by atoms with Crippen LogP contribution in [0.25, 0.3) is 0 Å². The zero-order valence-corrected chi connectivity index (χ0v) is 8.27. The van der Waals surface area contributed by atoms with Crippen LogP contribution in [0.5, 0.6) is 0 Å². The third-order valence-corrected chi connectivity index (χ3v) is 2.59. The van der Waals surface area contributed by atoms with E-state index in [2.05, 4.69) is 11.9 Å². The van der Waals surface area contributed by atoms with Crippen molar-refractivity contribution in [2.75, 3.05) is 13.1 Å². The van der Waals surface area contributed by atoms with E-state index in [1.165, 1.54) is 19.0 Å². The standard InChI is InChI=1S/C10H14N2O2/c1-8-3-2-4-12(6-8)10(13)9-5-11-7-14-9/h5,7-8H,2-4,6H2,1H3. The van der Waals surface area contributed by atoms with Crippen molar-refractivity contribution in [3.05, 3.63) is 18.4 Å². The molecule has 2 heterocycles. The maximum absolute atomic E-state index is 11.8. The maximum Gasteiger partial charge on any atom is 0.291 e. The third kappa shape index (κ3) is 1.78. The molecular weight excluding hydrogens is 180 g/mol. The Labute approximate surface area is 82.9 Å². The van der Waals surface area contributed by atoms with Crippen molar-refractivity contribution in [3.63, 3.8) is 0 Å². The van der Waals surface area contributed by atoms with Gasteiger partial charge >= 0.3 is 0 Å². The summed E-state index contributed by atoms with van der Waals surface area (Å²) < 4.78 is 4.98. The SMILES string of the molecule is CC1CCCN(C(=O)c2cnco2)C1. The topological polar surface area (TPSA) is 46.3 Å². The number of nitrogens with zero attached hydrogens (tertiary/aromatic N) is 2. The Morgan fingerprint density at radius 3 is 3.21 bits per heavy atom. The molecule has 76 valence electrons. The quantitative estimate of drug-likeness (QED) is 0.681. The minimum Gasteiger partial charge on any atom is -0.438 e. The van der Waals surface area contributed by atoms with Crippen LogP contribution in [0.1, 0.15) is 30.3 Å². The van der Waals surface area contributed by atoms with Crippen LogP contribution in [0.2, 0.25) is 0 Å². The van der Waals surface area contributed by atoms with Crippen molar-refractivity contribution in [1.29, 1.82) is 0 Å². The molecule has 0 radical (unpaired) electrons. The predicted molar refractivity (Wildman–Crippen MR) is 50.8 cm³/mol. The molecule has 0 aliphatic carbocycles. The highest BCUT2D eigenvalue weighted by molar-refractivity contribution is 5.91. The van der Waals surface area contributed by atoms with Crippen molar-refractivity contribution < 1.29 is 9.21 Å². The first kappa shape index (κ1) is 9.24. The summed E-state index contributed by atoms with van der Waals surface area (Å²) in [6.07, 6.45) is 5.06. The molecule has 4 heteroatoms. The van der Waals surface area contributed by atoms with Crippen molar-refractivity contribution in [2.45, 2.75) is 19.8 Å².